The molecule has 0 aromatic rings. The van der Waals surface area contributed by atoms with Gasteiger partial charge in [0.15, 0.2) is 0 Å². The minimum atomic E-state index is 1.47. The lowest BCUT2D eigenvalue weighted by Gasteiger charge is -2.05. The van der Waals surface area contributed by atoms with Gasteiger partial charge in [-0.1, -0.05) is 6.58 Å². The highest BCUT2D eigenvalue weighted by Crippen LogP contribution is 1.61. The molecule has 0 aliphatic carbocycles. The minimum absolute atomic E-state index is 1.47. The van der Waals surface area contributed by atoms with Crippen molar-refractivity contribution in [2.45, 2.75) is 0 Å². The molecule has 3 heteroatoms. The Morgan fingerprint density at radius 3 is 2.62 bits per heavy atom. The van der Waals surface area contributed by atoms with Crippen LogP contribution in [0.2, 0.25) is 0 Å². The highest BCUT2D eigenvalue weighted by molar-refractivity contribution is 5.54. The Bertz CT molecular complexity index is 85.7. The smallest absolute Gasteiger partial charge is 0.102 e. The van der Waals surface area contributed by atoms with E-state index in [1.165, 1.54) is 6.20 Å². The number of nitrogens with zero attached hydrogens (tertiary/aromatic N) is 2. The van der Waals surface area contributed by atoms with Crippen LogP contribution in [-0.2, 0) is 0 Å². The molecule has 1 N–H and O–H groups in total. The van der Waals surface area contributed by atoms with E-state index in [1.54, 1.807) is 11.3 Å². The second kappa shape index (κ2) is 4.33. The molecule has 0 aromatic carbocycles. The van der Waals surface area contributed by atoms with Crippen LogP contribution in [0.5, 0.6) is 0 Å². The van der Waals surface area contributed by atoms with Gasteiger partial charge in [0.1, 0.15) is 6.34 Å². The van der Waals surface area contributed by atoms with Gasteiger partial charge in [-0.15, -0.1) is 0 Å². The molecule has 8 heavy (non-hydrogen) atoms. The van der Waals surface area contributed by atoms with Crippen LogP contribution in [0.25, 0.3) is 0 Å². The van der Waals surface area contributed by atoms with E-state index in [9.17, 15) is 0 Å². The van der Waals surface area contributed by atoms with Crippen LogP contribution in [0.3, 0.4) is 0 Å². The second-order valence-electron chi connectivity index (χ2n) is 1.48. The van der Waals surface area contributed by atoms with Crippen molar-refractivity contribution in [1.82, 2.24) is 10.4 Å². The molecule has 0 atom stereocenters. The Hall–Kier alpha value is -0.830. The van der Waals surface area contributed by atoms with Gasteiger partial charge in [0.2, 0.25) is 0 Å². The van der Waals surface area contributed by atoms with Crippen molar-refractivity contribution in [1.29, 1.82) is 0 Å². The first kappa shape index (κ1) is 7.17. The minimum Gasteiger partial charge on any atom is -0.310 e. The van der Waals surface area contributed by atoms with Gasteiger partial charge in [-0.3, -0.25) is 0 Å². The molecule has 0 fully saturated rings. The first-order chi connectivity index (χ1) is 3.77. The van der Waals surface area contributed by atoms with E-state index in [-0.39, 0.29) is 0 Å². The highest BCUT2D eigenvalue weighted by atomic mass is 15.5. The fourth-order valence-corrected chi connectivity index (χ4v) is 0.202. The van der Waals surface area contributed by atoms with Crippen molar-refractivity contribution in [2.75, 3.05) is 14.1 Å². The maximum Gasteiger partial charge on any atom is 0.102 e. The quantitative estimate of drug-likeness (QED) is 0.322. The Balaban J connectivity index is 3.15. The summed E-state index contributed by atoms with van der Waals surface area (Å²) in [4.78, 5) is 3.70. The van der Waals surface area contributed by atoms with E-state index in [0.29, 0.717) is 0 Å². The molecule has 0 amide bonds. The van der Waals surface area contributed by atoms with Crippen LogP contribution >= 0.6 is 0 Å². The van der Waals surface area contributed by atoms with Gasteiger partial charge >= 0.3 is 0 Å². The highest BCUT2D eigenvalue weighted by Gasteiger charge is 1.74. The molecule has 0 rings (SSSR count). The van der Waals surface area contributed by atoms with E-state index in [2.05, 4.69) is 17.0 Å². The Morgan fingerprint density at radius 1 is 1.62 bits per heavy atom. The molecule has 0 aliphatic rings. The molecular weight excluding hydrogens is 102 g/mol. The van der Waals surface area contributed by atoms with Crippen LogP contribution in [-0.4, -0.2) is 25.4 Å². The number of nitrogens with one attached hydrogen (secondary N) is 1. The van der Waals surface area contributed by atoms with Gasteiger partial charge in [0, 0.05) is 20.3 Å². The number of aliphatic imine (C=N–C) groups is 1. The van der Waals surface area contributed by atoms with Gasteiger partial charge in [0.05, 0.1) is 0 Å². The fraction of sp³-hybridized carbons (Fsp3) is 0.400. The molecule has 0 radical (unpaired) electrons. The molecule has 0 saturated heterocycles. The van der Waals surface area contributed by atoms with E-state index >= 15 is 0 Å². The molecule has 0 bridgehead atoms. The average molecular weight is 113 g/mol. The summed E-state index contributed by atoms with van der Waals surface area (Å²) in [7, 11) is 3.77. The van der Waals surface area contributed by atoms with Crippen molar-refractivity contribution in [2.24, 2.45) is 4.99 Å². The number of hydrazine groups is 1. The molecule has 46 valence electrons. The second-order valence-corrected chi connectivity index (χ2v) is 1.48. The van der Waals surface area contributed by atoms with Gasteiger partial charge < -0.3 is 5.43 Å². The molecule has 0 aromatic heterocycles. The number of hydrogen-bond donors (Lipinski definition) is 1. The van der Waals surface area contributed by atoms with E-state index in [0.717, 1.165) is 0 Å². The summed E-state index contributed by atoms with van der Waals surface area (Å²) in [6, 6.07) is 0. The van der Waals surface area contributed by atoms with Crippen LogP contribution in [0, 0.1) is 0 Å². The summed E-state index contributed by atoms with van der Waals surface area (Å²) >= 11 is 0. The normalized spacial score (nSPS) is 10.4. The summed E-state index contributed by atoms with van der Waals surface area (Å²) in [5, 5.41) is 1.78. The maximum atomic E-state index is 3.70. The number of rotatable bonds is 3. The fourth-order valence-electron chi connectivity index (χ4n) is 0.202. The van der Waals surface area contributed by atoms with Crippen LogP contribution < -0.4 is 5.43 Å². The lowest BCUT2D eigenvalue weighted by Crippen LogP contribution is -2.28. The monoisotopic (exact) mass is 113 g/mol. The Labute approximate surface area is 49.7 Å². The van der Waals surface area contributed by atoms with Crippen molar-refractivity contribution < 1.29 is 0 Å². The lowest BCUT2D eigenvalue weighted by atomic mass is 11.0. The summed E-state index contributed by atoms with van der Waals surface area (Å²) in [5.41, 5.74) is 2.82. The third-order valence-electron chi connectivity index (χ3n) is 0.496. The van der Waals surface area contributed by atoms with Gasteiger partial charge in [-0.2, -0.15) is 0 Å². The average Bonchev–Trinajstić information content (AvgIpc) is 1.66. The molecule has 0 heterocycles. The standard InChI is InChI=1S/C5H11N3/c1-4-6-5-7-8(2)3/h4-5H,1H2,2-3H3,(H,6,7). The molecular formula is C5H11N3. The zero-order valence-electron chi connectivity index (χ0n) is 5.26. The predicted molar refractivity (Wildman–Crippen MR) is 35.5 cm³/mol. The van der Waals surface area contributed by atoms with Crippen molar-refractivity contribution in [3.8, 4) is 0 Å². The maximum absolute atomic E-state index is 3.70. The third-order valence-corrected chi connectivity index (χ3v) is 0.496. The first-order valence-corrected chi connectivity index (χ1v) is 2.33. The number of hydrogen-bond acceptors (Lipinski definition) is 2. The summed E-state index contributed by atoms with van der Waals surface area (Å²) in [6.07, 6.45) is 3.03. The Morgan fingerprint density at radius 2 is 2.25 bits per heavy atom. The van der Waals surface area contributed by atoms with Gasteiger partial charge in [-0.05, 0) is 0 Å². The van der Waals surface area contributed by atoms with E-state index in [4.69, 9.17) is 0 Å². The van der Waals surface area contributed by atoms with Crippen molar-refractivity contribution >= 4 is 6.34 Å². The Kier molecular flexibility index (Phi) is 3.88. The molecule has 0 saturated carbocycles. The lowest BCUT2D eigenvalue weighted by molar-refractivity contribution is 0.367. The summed E-state index contributed by atoms with van der Waals surface area (Å²) in [6.45, 7) is 3.40. The van der Waals surface area contributed by atoms with Crippen LogP contribution in [0.4, 0.5) is 0 Å². The topological polar surface area (TPSA) is 27.6 Å². The van der Waals surface area contributed by atoms with E-state index < -0.39 is 0 Å². The first-order valence-electron chi connectivity index (χ1n) is 2.33. The van der Waals surface area contributed by atoms with Crippen LogP contribution in [0.15, 0.2) is 17.8 Å². The van der Waals surface area contributed by atoms with Crippen LogP contribution in [0.1, 0.15) is 0 Å². The SMILES string of the molecule is C=CN=CNN(C)C. The summed E-state index contributed by atoms with van der Waals surface area (Å²) < 4.78 is 0. The van der Waals surface area contributed by atoms with Crippen molar-refractivity contribution in [3.05, 3.63) is 12.8 Å². The third kappa shape index (κ3) is 5.17. The van der Waals surface area contributed by atoms with Gasteiger partial charge in [0.25, 0.3) is 0 Å². The predicted octanol–water partition coefficient (Wildman–Crippen LogP) is 0.224. The molecule has 0 aliphatic heterocycles. The van der Waals surface area contributed by atoms with E-state index in [1.807, 2.05) is 14.1 Å². The zero-order valence-corrected chi connectivity index (χ0v) is 5.26. The largest absolute Gasteiger partial charge is 0.310 e. The zero-order chi connectivity index (χ0) is 6.41. The van der Waals surface area contributed by atoms with Crippen molar-refractivity contribution in [3.63, 3.8) is 0 Å². The molecule has 0 spiro atoms. The molecule has 0 unspecified atom stereocenters. The summed E-state index contributed by atoms with van der Waals surface area (Å²) in [5.74, 6) is 0. The molecule has 3 nitrogen and oxygen atoms in total. The van der Waals surface area contributed by atoms with Gasteiger partial charge in [-0.25, -0.2) is 10.0 Å².